The Hall–Kier alpha value is -1.89. The Morgan fingerprint density at radius 2 is 2.38 bits per heavy atom. The van der Waals surface area contributed by atoms with Gasteiger partial charge in [-0.15, -0.1) is 0 Å². The molecule has 0 aliphatic heterocycles. The molecular weight excluding hydrogens is 169 g/mol. The highest BCUT2D eigenvalue weighted by atomic mass is 19.1. The van der Waals surface area contributed by atoms with Crippen LogP contribution in [0.15, 0.2) is 12.3 Å². The third-order valence-corrected chi connectivity index (χ3v) is 1.85. The number of pyridine rings is 1. The number of rotatable bonds is 0. The van der Waals surface area contributed by atoms with Gasteiger partial charge in [0.2, 0.25) is 0 Å². The fraction of sp³-hybridized carbons (Fsp3) is 0.111. The number of nitriles is 1. The third-order valence-electron chi connectivity index (χ3n) is 1.85. The van der Waals surface area contributed by atoms with E-state index >= 15 is 0 Å². The van der Waals surface area contributed by atoms with Gasteiger partial charge in [0, 0.05) is 5.69 Å². The summed E-state index contributed by atoms with van der Waals surface area (Å²) >= 11 is 0. The van der Waals surface area contributed by atoms with Crippen molar-refractivity contribution < 1.29 is 4.39 Å². The molecule has 2 heterocycles. The van der Waals surface area contributed by atoms with Gasteiger partial charge in [-0.1, -0.05) is 0 Å². The van der Waals surface area contributed by atoms with Crippen molar-refractivity contribution >= 4 is 11.0 Å². The topological polar surface area (TPSA) is 52.5 Å². The molecule has 2 aromatic heterocycles. The zero-order valence-electron chi connectivity index (χ0n) is 6.93. The maximum Gasteiger partial charge on any atom is 0.153 e. The predicted octanol–water partition coefficient (Wildman–Crippen LogP) is 1.88. The lowest BCUT2D eigenvalue weighted by Crippen LogP contribution is -1.87. The predicted molar refractivity (Wildman–Crippen MR) is 45.5 cm³/mol. The number of fused-ring (bicyclic) bond motifs is 1. The molecule has 0 saturated carbocycles. The van der Waals surface area contributed by atoms with Gasteiger partial charge in [0.1, 0.15) is 17.3 Å². The van der Waals surface area contributed by atoms with E-state index < -0.39 is 5.82 Å². The summed E-state index contributed by atoms with van der Waals surface area (Å²) in [5, 5.41) is 8.92. The number of H-pyrrole nitrogens is 1. The first-order chi connectivity index (χ1) is 6.22. The van der Waals surface area contributed by atoms with E-state index in [9.17, 15) is 4.39 Å². The first kappa shape index (κ1) is 7.74. The van der Waals surface area contributed by atoms with Gasteiger partial charge in [0.15, 0.2) is 5.82 Å². The Morgan fingerprint density at radius 3 is 3.08 bits per heavy atom. The van der Waals surface area contributed by atoms with Crippen molar-refractivity contribution in [3.05, 3.63) is 29.3 Å². The smallest absolute Gasteiger partial charge is 0.153 e. The van der Waals surface area contributed by atoms with Crippen LogP contribution in [0.25, 0.3) is 11.0 Å². The summed E-state index contributed by atoms with van der Waals surface area (Å²) in [5.41, 5.74) is 1.29. The number of hydrogen-bond donors (Lipinski definition) is 1. The number of nitrogens with zero attached hydrogens (tertiary/aromatic N) is 2. The minimum atomic E-state index is -0.503. The van der Waals surface area contributed by atoms with Crippen LogP contribution in [-0.4, -0.2) is 9.97 Å². The number of halogens is 1. The van der Waals surface area contributed by atoms with Crippen LogP contribution < -0.4 is 0 Å². The molecule has 2 rings (SSSR count). The summed E-state index contributed by atoms with van der Waals surface area (Å²) < 4.78 is 13.4. The highest BCUT2D eigenvalue weighted by Gasteiger charge is 2.09. The number of aryl methyl sites for hydroxylation is 1. The summed E-state index contributed by atoms with van der Waals surface area (Å²) in [6.07, 6.45) is 1.23. The van der Waals surface area contributed by atoms with Crippen LogP contribution in [0, 0.1) is 24.1 Å². The molecule has 2 aromatic rings. The van der Waals surface area contributed by atoms with Crippen LogP contribution in [-0.2, 0) is 0 Å². The van der Waals surface area contributed by atoms with Crippen molar-refractivity contribution in [1.29, 1.82) is 5.26 Å². The van der Waals surface area contributed by atoms with E-state index in [-0.39, 0.29) is 5.56 Å². The fourth-order valence-electron chi connectivity index (χ4n) is 1.25. The van der Waals surface area contributed by atoms with E-state index in [4.69, 9.17) is 5.26 Å². The normalized spacial score (nSPS) is 10.2. The zero-order valence-corrected chi connectivity index (χ0v) is 6.93. The van der Waals surface area contributed by atoms with Crippen LogP contribution in [0.4, 0.5) is 4.39 Å². The molecule has 0 aliphatic rings. The molecule has 1 N–H and O–H groups in total. The molecular formula is C9H6FN3. The standard InChI is InChI=1S/C9H6FN3/c1-5-2-7-8(10)6(3-11)4-12-9(7)13-5/h2,4H,1H3,(H,12,13). The first-order valence-electron chi connectivity index (χ1n) is 3.76. The van der Waals surface area contributed by atoms with E-state index in [0.29, 0.717) is 11.0 Å². The number of aromatic nitrogens is 2. The van der Waals surface area contributed by atoms with Gasteiger partial charge in [-0.3, -0.25) is 0 Å². The van der Waals surface area contributed by atoms with E-state index in [1.165, 1.54) is 6.20 Å². The molecule has 4 heteroatoms. The monoisotopic (exact) mass is 175 g/mol. The molecule has 0 spiro atoms. The second kappa shape index (κ2) is 2.56. The van der Waals surface area contributed by atoms with E-state index in [2.05, 4.69) is 9.97 Å². The Labute approximate surface area is 73.8 Å². The summed E-state index contributed by atoms with van der Waals surface area (Å²) in [5.74, 6) is -0.503. The lowest BCUT2D eigenvalue weighted by Gasteiger charge is -1.92. The minimum absolute atomic E-state index is 0.0218. The lowest BCUT2D eigenvalue weighted by molar-refractivity contribution is 0.634. The SMILES string of the molecule is Cc1cc2c(F)c(C#N)cnc2[nH]1. The Morgan fingerprint density at radius 1 is 1.62 bits per heavy atom. The van der Waals surface area contributed by atoms with Gasteiger partial charge in [0.25, 0.3) is 0 Å². The van der Waals surface area contributed by atoms with Crippen LogP contribution >= 0.6 is 0 Å². The molecule has 0 bridgehead atoms. The van der Waals surface area contributed by atoms with Gasteiger partial charge in [-0.2, -0.15) is 5.26 Å². The third kappa shape index (κ3) is 1.05. The first-order valence-corrected chi connectivity index (χ1v) is 3.76. The molecule has 0 atom stereocenters. The average molecular weight is 175 g/mol. The van der Waals surface area contributed by atoms with E-state index in [1.54, 1.807) is 12.1 Å². The molecule has 0 saturated heterocycles. The summed E-state index contributed by atoms with van der Waals surface area (Å²) in [7, 11) is 0. The van der Waals surface area contributed by atoms with Crippen LogP contribution in [0.5, 0.6) is 0 Å². The maximum absolute atomic E-state index is 13.4. The van der Waals surface area contributed by atoms with Crippen molar-refractivity contribution in [1.82, 2.24) is 9.97 Å². The van der Waals surface area contributed by atoms with Crippen molar-refractivity contribution in [2.24, 2.45) is 0 Å². The van der Waals surface area contributed by atoms with Crippen LogP contribution in [0.1, 0.15) is 11.3 Å². The molecule has 0 amide bonds. The van der Waals surface area contributed by atoms with Gasteiger partial charge >= 0.3 is 0 Å². The average Bonchev–Trinajstić information content (AvgIpc) is 2.47. The fourth-order valence-corrected chi connectivity index (χ4v) is 1.25. The maximum atomic E-state index is 13.4. The lowest BCUT2D eigenvalue weighted by atomic mass is 10.2. The summed E-state index contributed by atoms with van der Waals surface area (Å²) in [4.78, 5) is 6.81. The Kier molecular flexibility index (Phi) is 1.52. The molecule has 13 heavy (non-hydrogen) atoms. The van der Waals surface area contributed by atoms with Gasteiger partial charge < -0.3 is 4.98 Å². The highest BCUT2D eigenvalue weighted by molar-refractivity contribution is 5.78. The zero-order chi connectivity index (χ0) is 9.42. The molecule has 0 aliphatic carbocycles. The highest BCUT2D eigenvalue weighted by Crippen LogP contribution is 2.18. The van der Waals surface area contributed by atoms with Crippen LogP contribution in [0.3, 0.4) is 0 Å². The number of nitrogens with one attached hydrogen (secondary N) is 1. The van der Waals surface area contributed by atoms with Crippen LogP contribution in [0.2, 0.25) is 0 Å². The molecule has 0 unspecified atom stereocenters. The largest absolute Gasteiger partial charge is 0.343 e. The van der Waals surface area contributed by atoms with Crippen molar-refractivity contribution in [2.75, 3.05) is 0 Å². The van der Waals surface area contributed by atoms with E-state index in [0.717, 1.165) is 5.69 Å². The Balaban J connectivity index is 2.87. The second-order valence-corrected chi connectivity index (χ2v) is 2.81. The molecule has 64 valence electrons. The second-order valence-electron chi connectivity index (χ2n) is 2.81. The molecule has 0 fully saturated rings. The minimum Gasteiger partial charge on any atom is -0.343 e. The van der Waals surface area contributed by atoms with Crippen molar-refractivity contribution in [3.63, 3.8) is 0 Å². The Bertz CT molecular complexity index is 507. The van der Waals surface area contributed by atoms with Gasteiger partial charge in [0.05, 0.1) is 11.6 Å². The summed E-state index contributed by atoms with van der Waals surface area (Å²) in [6.45, 7) is 1.81. The number of hydrogen-bond acceptors (Lipinski definition) is 2. The quantitative estimate of drug-likeness (QED) is 0.664. The summed E-state index contributed by atoms with van der Waals surface area (Å²) in [6, 6.07) is 3.38. The number of aromatic amines is 1. The van der Waals surface area contributed by atoms with Crippen molar-refractivity contribution in [3.8, 4) is 6.07 Å². The van der Waals surface area contributed by atoms with Gasteiger partial charge in [-0.05, 0) is 13.0 Å². The molecule has 0 aromatic carbocycles. The molecule has 3 nitrogen and oxygen atoms in total. The van der Waals surface area contributed by atoms with Gasteiger partial charge in [-0.25, -0.2) is 9.37 Å². The van der Waals surface area contributed by atoms with E-state index in [1.807, 2.05) is 6.92 Å². The van der Waals surface area contributed by atoms with Crippen molar-refractivity contribution in [2.45, 2.75) is 6.92 Å². The molecule has 0 radical (unpaired) electrons.